The molecule has 2 aromatic carbocycles. The van der Waals surface area contributed by atoms with Crippen LogP contribution in [0.1, 0.15) is 31.9 Å². The van der Waals surface area contributed by atoms with Gasteiger partial charge in [0.05, 0.1) is 4.88 Å². The van der Waals surface area contributed by atoms with Crippen LogP contribution in [0.5, 0.6) is 5.75 Å². The van der Waals surface area contributed by atoms with Gasteiger partial charge in [-0.1, -0.05) is 18.2 Å². The van der Waals surface area contributed by atoms with Crippen molar-refractivity contribution < 1.29 is 9.53 Å². The van der Waals surface area contributed by atoms with Gasteiger partial charge in [0.2, 0.25) is 0 Å². The van der Waals surface area contributed by atoms with Crippen molar-refractivity contribution in [2.45, 2.75) is 27.4 Å². The van der Waals surface area contributed by atoms with Crippen molar-refractivity contribution in [3.05, 3.63) is 81.0 Å². The Kier molecular flexibility index (Phi) is 5.19. The van der Waals surface area contributed by atoms with Gasteiger partial charge >= 0.3 is 0 Å². The van der Waals surface area contributed by atoms with Crippen molar-refractivity contribution in [3.63, 3.8) is 0 Å². The zero-order chi connectivity index (χ0) is 17.8. The van der Waals surface area contributed by atoms with Crippen LogP contribution in [0.25, 0.3) is 0 Å². The molecule has 4 heteroatoms. The van der Waals surface area contributed by atoms with Crippen LogP contribution in [-0.2, 0) is 6.61 Å². The monoisotopic (exact) mass is 351 g/mol. The SMILES string of the molecule is Cc1cccc(OCc2csc(C(=O)Nc3ccc(C)c(C)c3)c2)c1. The van der Waals surface area contributed by atoms with Crippen LogP contribution in [0.15, 0.2) is 53.9 Å². The maximum Gasteiger partial charge on any atom is 0.265 e. The summed E-state index contributed by atoms with van der Waals surface area (Å²) in [6, 6.07) is 15.8. The maximum absolute atomic E-state index is 12.4. The van der Waals surface area contributed by atoms with Crippen LogP contribution in [0.4, 0.5) is 5.69 Å². The highest BCUT2D eigenvalue weighted by atomic mass is 32.1. The lowest BCUT2D eigenvalue weighted by molar-refractivity contribution is 0.103. The van der Waals surface area contributed by atoms with E-state index in [4.69, 9.17) is 4.74 Å². The summed E-state index contributed by atoms with van der Waals surface area (Å²) in [5, 5.41) is 4.91. The smallest absolute Gasteiger partial charge is 0.265 e. The van der Waals surface area contributed by atoms with E-state index in [9.17, 15) is 4.79 Å². The topological polar surface area (TPSA) is 38.3 Å². The average molecular weight is 351 g/mol. The summed E-state index contributed by atoms with van der Waals surface area (Å²) in [5.74, 6) is 0.752. The van der Waals surface area contributed by atoms with Crippen molar-refractivity contribution in [2.24, 2.45) is 0 Å². The summed E-state index contributed by atoms with van der Waals surface area (Å²) in [6.07, 6.45) is 0. The lowest BCUT2D eigenvalue weighted by Gasteiger charge is -2.06. The number of carbonyl (C=O) groups is 1. The van der Waals surface area contributed by atoms with Crippen molar-refractivity contribution in [3.8, 4) is 5.75 Å². The van der Waals surface area contributed by atoms with Crippen LogP contribution in [-0.4, -0.2) is 5.91 Å². The Labute approximate surface area is 152 Å². The van der Waals surface area contributed by atoms with Gasteiger partial charge in [-0.25, -0.2) is 0 Å². The van der Waals surface area contributed by atoms with E-state index in [-0.39, 0.29) is 5.91 Å². The van der Waals surface area contributed by atoms with E-state index in [0.717, 1.165) is 28.1 Å². The molecule has 0 atom stereocenters. The third kappa shape index (κ3) is 4.48. The van der Waals surface area contributed by atoms with Crippen molar-refractivity contribution in [1.29, 1.82) is 0 Å². The van der Waals surface area contributed by atoms with Crippen molar-refractivity contribution in [2.75, 3.05) is 5.32 Å². The minimum Gasteiger partial charge on any atom is -0.489 e. The predicted molar refractivity (Wildman–Crippen MR) is 104 cm³/mol. The molecule has 25 heavy (non-hydrogen) atoms. The second kappa shape index (κ2) is 7.53. The van der Waals surface area contributed by atoms with E-state index in [2.05, 4.69) is 12.2 Å². The Morgan fingerprint density at radius 3 is 2.64 bits per heavy atom. The highest BCUT2D eigenvalue weighted by Crippen LogP contribution is 2.21. The van der Waals surface area contributed by atoms with Crippen LogP contribution in [0, 0.1) is 20.8 Å². The Balaban J connectivity index is 1.62. The Morgan fingerprint density at radius 2 is 1.88 bits per heavy atom. The molecule has 1 N–H and O–H groups in total. The number of aryl methyl sites for hydroxylation is 3. The number of carbonyl (C=O) groups excluding carboxylic acids is 1. The third-order valence-electron chi connectivity index (χ3n) is 4.04. The van der Waals surface area contributed by atoms with E-state index in [1.807, 2.05) is 67.8 Å². The minimum atomic E-state index is -0.0879. The zero-order valence-corrected chi connectivity index (χ0v) is 15.4. The molecule has 0 aliphatic heterocycles. The summed E-state index contributed by atoms with van der Waals surface area (Å²) in [7, 11) is 0. The molecule has 0 spiro atoms. The summed E-state index contributed by atoms with van der Waals surface area (Å²) < 4.78 is 5.79. The van der Waals surface area contributed by atoms with Gasteiger partial charge in [0.15, 0.2) is 0 Å². The maximum atomic E-state index is 12.4. The second-order valence-corrected chi connectivity index (χ2v) is 7.09. The van der Waals surface area contributed by atoms with E-state index in [1.54, 1.807) is 0 Å². The number of hydrogen-bond donors (Lipinski definition) is 1. The molecule has 0 saturated carbocycles. The van der Waals surface area contributed by atoms with Gasteiger partial charge in [-0.3, -0.25) is 4.79 Å². The molecule has 3 nitrogen and oxygen atoms in total. The first-order valence-corrected chi connectivity index (χ1v) is 9.05. The number of benzene rings is 2. The van der Waals surface area contributed by atoms with Crippen LogP contribution in [0.2, 0.25) is 0 Å². The molecule has 0 bridgehead atoms. The van der Waals surface area contributed by atoms with Crippen LogP contribution >= 0.6 is 11.3 Å². The third-order valence-corrected chi connectivity index (χ3v) is 5.02. The van der Waals surface area contributed by atoms with E-state index >= 15 is 0 Å². The van der Waals surface area contributed by atoms with Crippen LogP contribution in [0.3, 0.4) is 0 Å². The number of thiophene rings is 1. The fourth-order valence-corrected chi connectivity index (χ4v) is 3.25. The molecular formula is C21H21NO2S. The predicted octanol–water partition coefficient (Wildman–Crippen LogP) is 5.50. The van der Waals surface area contributed by atoms with Gasteiger partial charge < -0.3 is 10.1 Å². The summed E-state index contributed by atoms with van der Waals surface area (Å²) >= 11 is 1.43. The Bertz CT molecular complexity index is 898. The molecule has 128 valence electrons. The van der Waals surface area contributed by atoms with E-state index in [1.165, 1.54) is 16.9 Å². The van der Waals surface area contributed by atoms with Gasteiger partial charge in [-0.2, -0.15) is 0 Å². The first kappa shape index (κ1) is 17.2. The van der Waals surface area contributed by atoms with Gasteiger partial charge in [-0.15, -0.1) is 11.3 Å². The van der Waals surface area contributed by atoms with E-state index < -0.39 is 0 Å². The molecule has 3 rings (SSSR count). The highest BCUT2D eigenvalue weighted by Gasteiger charge is 2.10. The fraction of sp³-hybridized carbons (Fsp3) is 0.190. The summed E-state index contributed by atoms with van der Waals surface area (Å²) in [6.45, 7) is 6.58. The number of ether oxygens (including phenoxy) is 1. The van der Waals surface area contributed by atoms with Crippen LogP contribution < -0.4 is 10.1 Å². The summed E-state index contributed by atoms with van der Waals surface area (Å²) in [5.41, 5.74) is 5.35. The van der Waals surface area contributed by atoms with Gasteiger partial charge in [0, 0.05) is 11.3 Å². The standard InChI is InChI=1S/C21H21NO2S/c1-14-5-4-6-19(9-14)24-12-17-11-20(25-13-17)21(23)22-18-8-7-15(2)16(3)10-18/h4-11,13H,12H2,1-3H3,(H,22,23). The molecule has 0 aliphatic carbocycles. The minimum absolute atomic E-state index is 0.0879. The Morgan fingerprint density at radius 1 is 1.04 bits per heavy atom. The molecule has 0 unspecified atom stereocenters. The lowest BCUT2D eigenvalue weighted by Crippen LogP contribution is -2.10. The molecule has 0 radical (unpaired) electrons. The number of amides is 1. The molecule has 1 heterocycles. The molecule has 1 amide bonds. The van der Waals surface area contributed by atoms with Gasteiger partial charge in [-0.05, 0) is 73.2 Å². The first-order chi connectivity index (χ1) is 12.0. The molecular weight excluding hydrogens is 330 g/mol. The highest BCUT2D eigenvalue weighted by molar-refractivity contribution is 7.12. The quantitative estimate of drug-likeness (QED) is 0.659. The second-order valence-electron chi connectivity index (χ2n) is 6.18. The normalized spacial score (nSPS) is 10.5. The lowest BCUT2D eigenvalue weighted by atomic mass is 10.1. The van der Waals surface area contributed by atoms with Gasteiger partial charge in [0.1, 0.15) is 12.4 Å². The summed E-state index contributed by atoms with van der Waals surface area (Å²) in [4.78, 5) is 13.1. The molecule has 0 saturated heterocycles. The van der Waals surface area contributed by atoms with Crippen molar-refractivity contribution in [1.82, 2.24) is 0 Å². The molecule has 3 aromatic rings. The number of nitrogens with one attached hydrogen (secondary N) is 1. The average Bonchev–Trinajstić information content (AvgIpc) is 3.06. The largest absolute Gasteiger partial charge is 0.489 e. The first-order valence-electron chi connectivity index (χ1n) is 8.17. The number of anilines is 1. The Hall–Kier alpha value is -2.59. The zero-order valence-electron chi connectivity index (χ0n) is 14.6. The van der Waals surface area contributed by atoms with Gasteiger partial charge in [0.25, 0.3) is 5.91 Å². The molecule has 0 fully saturated rings. The fourth-order valence-electron chi connectivity index (χ4n) is 2.45. The molecule has 1 aromatic heterocycles. The number of rotatable bonds is 5. The van der Waals surface area contributed by atoms with E-state index in [0.29, 0.717) is 11.5 Å². The van der Waals surface area contributed by atoms with Crippen molar-refractivity contribution >= 4 is 22.9 Å². The molecule has 0 aliphatic rings. The number of hydrogen-bond acceptors (Lipinski definition) is 3.